The van der Waals surface area contributed by atoms with Gasteiger partial charge in [-0.05, 0) is 41.9 Å². The fourth-order valence-corrected chi connectivity index (χ4v) is 2.15. The second-order valence-electron chi connectivity index (χ2n) is 3.52. The highest BCUT2D eigenvalue weighted by Gasteiger charge is 2.19. The van der Waals surface area contributed by atoms with Crippen LogP contribution in [0.25, 0.3) is 0 Å². The van der Waals surface area contributed by atoms with E-state index in [4.69, 9.17) is 0 Å². The molecule has 1 N–H and O–H groups in total. The van der Waals surface area contributed by atoms with Crippen molar-refractivity contribution < 1.29 is 0 Å². The molecule has 13 heavy (non-hydrogen) atoms. The average Bonchev–Trinajstić information content (AvgIpc) is 2.49. The lowest BCUT2D eigenvalue weighted by atomic mass is 9.97. The number of nitrogens with one attached hydrogen (secondary N) is 1. The summed E-state index contributed by atoms with van der Waals surface area (Å²) in [5, 5.41) is 3.36. The Morgan fingerprint density at radius 2 is 2.23 bits per heavy atom. The van der Waals surface area contributed by atoms with Gasteiger partial charge in [0.05, 0.1) is 6.20 Å². The Labute approximate surface area is 86.7 Å². The van der Waals surface area contributed by atoms with Gasteiger partial charge in [-0.25, -0.2) is 4.98 Å². The molecule has 72 valence electrons. The lowest BCUT2D eigenvalue weighted by Crippen LogP contribution is -2.27. The van der Waals surface area contributed by atoms with Crippen LogP contribution in [-0.2, 0) is 7.05 Å². The molecule has 2 rings (SSSR count). The molecule has 0 saturated carbocycles. The van der Waals surface area contributed by atoms with Gasteiger partial charge in [-0.15, -0.1) is 0 Å². The smallest absolute Gasteiger partial charge is 0.112 e. The second-order valence-corrected chi connectivity index (χ2v) is 4.33. The maximum atomic E-state index is 4.43. The summed E-state index contributed by atoms with van der Waals surface area (Å²) in [5.41, 5.74) is 0. The van der Waals surface area contributed by atoms with Gasteiger partial charge in [0.1, 0.15) is 10.4 Å². The van der Waals surface area contributed by atoms with Crippen LogP contribution in [0.3, 0.4) is 0 Å². The molecule has 1 aliphatic heterocycles. The van der Waals surface area contributed by atoms with E-state index < -0.39 is 0 Å². The maximum absolute atomic E-state index is 4.43. The molecule has 4 heteroatoms. The monoisotopic (exact) mass is 243 g/mol. The van der Waals surface area contributed by atoms with E-state index in [-0.39, 0.29) is 0 Å². The van der Waals surface area contributed by atoms with E-state index >= 15 is 0 Å². The van der Waals surface area contributed by atoms with Crippen molar-refractivity contribution in [3.05, 3.63) is 16.6 Å². The molecule has 0 aliphatic carbocycles. The Morgan fingerprint density at radius 3 is 2.77 bits per heavy atom. The topological polar surface area (TPSA) is 29.9 Å². The number of hydrogen-bond acceptors (Lipinski definition) is 2. The SMILES string of the molecule is Cn1c(Br)cnc1C1CCNCC1. The van der Waals surface area contributed by atoms with Crippen molar-refractivity contribution in [3.63, 3.8) is 0 Å². The predicted molar refractivity (Wildman–Crippen MR) is 55.8 cm³/mol. The van der Waals surface area contributed by atoms with Crippen LogP contribution in [0.2, 0.25) is 0 Å². The Morgan fingerprint density at radius 1 is 1.54 bits per heavy atom. The molecule has 1 fully saturated rings. The average molecular weight is 244 g/mol. The highest BCUT2D eigenvalue weighted by atomic mass is 79.9. The molecular weight excluding hydrogens is 230 g/mol. The van der Waals surface area contributed by atoms with Crippen LogP contribution in [0.1, 0.15) is 24.6 Å². The molecule has 3 nitrogen and oxygen atoms in total. The van der Waals surface area contributed by atoms with Crippen molar-refractivity contribution >= 4 is 15.9 Å². The van der Waals surface area contributed by atoms with Gasteiger partial charge in [0.2, 0.25) is 0 Å². The van der Waals surface area contributed by atoms with Crippen molar-refractivity contribution in [3.8, 4) is 0 Å². The quantitative estimate of drug-likeness (QED) is 0.814. The number of imidazole rings is 1. The van der Waals surface area contributed by atoms with E-state index in [1.807, 2.05) is 6.20 Å². The molecule has 2 heterocycles. The van der Waals surface area contributed by atoms with E-state index in [9.17, 15) is 0 Å². The summed E-state index contributed by atoms with van der Waals surface area (Å²) in [6.45, 7) is 2.24. The molecule has 0 spiro atoms. The molecular formula is C9H14BrN3. The fraction of sp³-hybridized carbons (Fsp3) is 0.667. The summed E-state index contributed by atoms with van der Waals surface area (Å²) in [6.07, 6.45) is 4.30. The number of nitrogens with zero attached hydrogens (tertiary/aromatic N) is 2. The van der Waals surface area contributed by atoms with Crippen molar-refractivity contribution in [1.82, 2.24) is 14.9 Å². The number of hydrogen-bond donors (Lipinski definition) is 1. The van der Waals surface area contributed by atoms with E-state index in [1.165, 1.54) is 18.7 Å². The first-order valence-electron chi connectivity index (χ1n) is 4.67. The van der Waals surface area contributed by atoms with Gasteiger partial charge in [0.15, 0.2) is 0 Å². The molecule has 0 radical (unpaired) electrons. The molecule has 0 atom stereocenters. The van der Waals surface area contributed by atoms with Crippen molar-refractivity contribution in [2.24, 2.45) is 7.05 Å². The Balaban J connectivity index is 2.18. The molecule has 0 amide bonds. The standard InChI is InChI=1S/C9H14BrN3/c1-13-8(10)6-12-9(13)7-2-4-11-5-3-7/h6-7,11H,2-5H2,1H3. The summed E-state index contributed by atoms with van der Waals surface area (Å²) in [5.74, 6) is 1.85. The summed E-state index contributed by atoms with van der Waals surface area (Å²) in [7, 11) is 2.06. The van der Waals surface area contributed by atoms with Crippen molar-refractivity contribution in [1.29, 1.82) is 0 Å². The molecule has 0 unspecified atom stereocenters. The number of piperidine rings is 1. The fourth-order valence-electron chi connectivity index (χ4n) is 1.86. The molecule has 1 aromatic heterocycles. The first-order valence-corrected chi connectivity index (χ1v) is 5.46. The van der Waals surface area contributed by atoms with Crippen LogP contribution >= 0.6 is 15.9 Å². The van der Waals surface area contributed by atoms with Crippen LogP contribution in [0.15, 0.2) is 10.8 Å². The first kappa shape index (κ1) is 9.21. The van der Waals surface area contributed by atoms with Crippen LogP contribution in [-0.4, -0.2) is 22.6 Å². The van der Waals surface area contributed by atoms with Gasteiger partial charge in [0.25, 0.3) is 0 Å². The summed E-state index contributed by atoms with van der Waals surface area (Å²) in [6, 6.07) is 0. The van der Waals surface area contributed by atoms with E-state index in [0.717, 1.165) is 17.7 Å². The van der Waals surface area contributed by atoms with Crippen LogP contribution in [0.5, 0.6) is 0 Å². The molecule has 1 aromatic rings. The summed E-state index contributed by atoms with van der Waals surface area (Å²) >= 11 is 3.47. The van der Waals surface area contributed by atoms with E-state index in [1.54, 1.807) is 0 Å². The van der Waals surface area contributed by atoms with Gasteiger partial charge in [-0.1, -0.05) is 0 Å². The van der Waals surface area contributed by atoms with Gasteiger partial charge in [-0.2, -0.15) is 0 Å². The molecule has 0 aromatic carbocycles. The number of rotatable bonds is 1. The minimum Gasteiger partial charge on any atom is -0.326 e. The van der Waals surface area contributed by atoms with Gasteiger partial charge in [-0.3, -0.25) is 0 Å². The third kappa shape index (κ3) is 1.79. The van der Waals surface area contributed by atoms with Crippen LogP contribution in [0.4, 0.5) is 0 Å². The van der Waals surface area contributed by atoms with E-state index in [0.29, 0.717) is 5.92 Å². The van der Waals surface area contributed by atoms with Crippen LogP contribution < -0.4 is 5.32 Å². The Bertz CT molecular complexity index is 289. The third-order valence-corrected chi connectivity index (χ3v) is 3.41. The van der Waals surface area contributed by atoms with E-state index in [2.05, 4.69) is 37.8 Å². The molecule has 1 saturated heterocycles. The zero-order valence-electron chi connectivity index (χ0n) is 7.76. The number of halogens is 1. The minimum absolute atomic E-state index is 0.637. The first-order chi connectivity index (χ1) is 6.29. The molecule has 1 aliphatic rings. The number of aromatic nitrogens is 2. The largest absolute Gasteiger partial charge is 0.326 e. The zero-order valence-corrected chi connectivity index (χ0v) is 9.34. The predicted octanol–water partition coefficient (Wildman–Crippen LogP) is 1.65. The zero-order chi connectivity index (χ0) is 9.26. The third-order valence-electron chi connectivity index (χ3n) is 2.67. The Hall–Kier alpha value is -0.350. The van der Waals surface area contributed by atoms with Gasteiger partial charge < -0.3 is 9.88 Å². The Kier molecular flexibility index (Phi) is 2.69. The van der Waals surface area contributed by atoms with Crippen LogP contribution in [0, 0.1) is 0 Å². The van der Waals surface area contributed by atoms with Crippen molar-refractivity contribution in [2.75, 3.05) is 13.1 Å². The highest BCUT2D eigenvalue weighted by Crippen LogP contribution is 2.25. The summed E-state index contributed by atoms with van der Waals surface area (Å²) < 4.78 is 3.21. The maximum Gasteiger partial charge on any atom is 0.112 e. The lowest BCUT2D eigenvalue weighted by Gasteiger charge is -2.22. The van der Waals surface area contributed by atoms with Gasteiger partial charge in [0, 0.05) is 13.0 Å². The lowest BCUT2D eigenvalue weighted by molar-refractivity contribution is 0.436. The normalized spacial score (nSPS) is 19.2. The second kappa shape index (κ2) is 3.80. The highest BCUT2D eigenvalue weighted by molar-refractivity contribution is 9.10. The molecule has 0 bridgehead atoms. The van der Waals surface area contributed by atoms with Gasteiger partial charge >= 0.3 is 0 Å². The summed E-state index contributed by atoms with van der Waals surface area (Å²) in [4.78, 5) is 4.43. The minimum atomic E-state index is 0.637. The van der Waals surface area contributed by atoms with Crippen molar-refractivity contribution in [2.45, 2.75) is 18.8 Å².